The first-order chi connectivity index (χ1) is 6.40. The fourth-order valence-corrected chi connectivity index (χ4v) is 1.32. The lowest BCUT2D eigenvalue weighted by atomic mass is 9.91. The molecule has 0 radical (unpaired) electrons. The predicted molar refractivity (Wildman–Crippen MR) is 49.1 cm³/mol. The summed E-state index contributed by atoms with van der Waals surface area (Å²) in [7, 11) is 0. The fourth-order valence-electron chi connectivity index (χ4n) is 1.32. The molecule has 1 unspecified atom stereocenters. The fraction of sp³-hybridized carbons (Fsp3) is 0.400. The number of hydrogen-bond donors (Lipinski definition) is 1. The van der Waals surface area contributed by atoms with Gasteiger partial charge in [0.15, 0.2) is 18.1 Å². The lowest BCUT2D eigenvalue weighted by Gasteiger charge is -2.31. The summed E-state index contributed by atoms with van der Waals surface area (Å²) in [5, 5.41) is 9.10. The Morgan fingerprint density at radius 3 is 2.71 bits per heavy atom. The van der Waals surface area contributed by atoms with Crippen molar-refractivity contribution in [3.05, 3.63) is 36.3 Å². The highest BCUT2D eigenvalue weighted by atomic mass is 19.3. The Bertz CT molecular complexity index is 305. The molecule has 1 aliphatic rings. The Morgan fingerprint density at radius 1 is 1.71 bits per heavy atom. The van der Waals surface area contributed by atoms with Crippen molar-refractivity contribution in [2.45, 2.75) is 12.8 Å². The molecule has 0 amide bonds. The Kier molecular flexibility index (Phi) is 2.64. The zero-order valence-corrected chi connectivity index (χ0v) is 7.89. The van der Waals surface area contributed by atoms with Gasteiger partial charge in [-0.25, -0.2) is 8.78 Å². The Hall–Kier alpha value is -1.32. The minimum atomic E-state index is -2.93. The van der Waals surface area contributed by atoms with Crippen molar-refractivity contribution < 1.29 is 18.6 Å². The topological polar surface area (TPSA) is 29.5 Å². The SMILES string of the molecule is C=CC1=C(C(=C)O)OCC(F)(F)C1C. The molecule has 0 fully saturated rings. The van der Waals surface area contributed by atoms with E-state index in [0.29, 0.717) is 0 Å². The first-order valence-corrected chi connectivity index (χ1v) is 4.15. The van der Waals surface area contributed by atoms with E-state index in [1.165, 1.54) is 13.0 Å². The monoisotopic (exact) mass is 202 g/mol. The molecule has 1 heterocycles. The van der Waals surface area contributed by atoms with Gasteiger partial charge >= 0.3 is 0 Å². The van der Waals surface area contributed by atoms with Crippen molar-refractivity contribution in [2.24, 2.45) is 5.92 Å². The largest absolute Gasteiger partial charge is 0.505 e. The third-order valence-electron chi connectivity index (χ3n) is 2.25. The molecule has 0 saturated carbocycles. The van der Waals surface area contributed by atoms with Crippen molar-refractivity contribution in [2.75, 3.05) is 6.61 Å². The van der Waals surface area contributed by atoms with Gasteiger partial charge in [0, 0.05) is 5.57 Å². The van der Waals surface area contributed by atoms with E-state index in [0.717, 1.165) is 0 Å². The summed E-state index contributed by atoms with van der Waals surface area (Å²) in [4.78, 5) is 0. The first-order valence-electron chi connectivity index (χ1n) is 4.15. The predicted octanol–water partition coefficient (Wildman–Crippen LogP) is 2.80. The molecule has 0 saturated heterocycles. The maximum absolute atomic E-state index is 13.2. The number of rotatable bonds is 2. The van der Waals surface area contributed by atoms with E-state index < -0.39 is 18.4 Å². The van der Waals surface area contributed by atoms with Gasteiger partial charge in [-0.05, 0) is 0 Å². The molecule has 0 aliphatic carbocycles. The van der Waals surface area contributed by atoms with Crippen LogP contribution in [0.4, 0.5) is 8.78 Å². The minimum absolute atomic E-state index is 0.0124. The highest BCUT2D eigenvalue weighted by Gasteiger charge is 2.44. The van der Waals surface area contributed by atoms with Crippen LogP contribution in [0.25, 0.3) is 0 Å². The third-order valence-corrected chi connectivity index (χ3v) is 2.25. The molecule has 78 valence electrons. The van der Waals surface area contributed by atoms with E-state index >= 15 is 0 Å². The summed E-state index contributed by atoms with van der Waals surface area (Å²) < 4.78 is 31.0. The zero-order chi connectivity index (χ0) is 10.9. The molecule has 0 bridgehead atoms. The number of alkyl halides is 2. The van der Waals surface area contributed by atoms with Crippen LogP contribution in [0, 0.1) is 5.92 Å². The second kappa shape index (κ2) is 3.44. The van der Waals surface area contributed by atoms with Crippen molar-refractivity contribution >= 4 is 0 Å². The van der Waals surface area contributed by atoms with Crippen LogP contribution < -0.4 is 0 Å². The van der Waals surface area contributed by atoms with E-state index in [4.69, 9.17) is 9.84 Å². The number of aliphatic hydroxyl groups is 1. The summed E-state index contributed by atoms with van der Waals surface area (Å²) in [6, 6.07) is 0. The summed E-state index contributed by atoms with van der Waals surface area (Å²) >= 11 is 0. The van der Waals surface area contributed by atoms with Gasteiger partial charge in [-0.3, -0.25) is 0 Å². The van der Waals surface area contributed by atoms with Gasteiger partial charge in [0.05, 0.1) is 5.92 Å². The summed E-state index contributed by atoms with van der Waals surface area (Å²) in [6.45, 7) is 7.28. The van der Waals surface area contributed by atoms with Gasteiger partial charge in [0.25, 0.3) is 5.92 Å². The second-order valence-electron chi connectivity index (χ2n) is 3.21. The highest BCUT2D eigenvalue weighted by Crippen LogP contribution is 2.38. The average molecular weight is 202 g/mol. The van der Waals surface area contributed by atoms with Crippen molar-refractivity contribution in [3.8, 4) is 0 Å². The van der Waals surface area contributed by atoms with Gasteiger partial charge in [-0.2, -0.15) is 0 Å². The van der Waals surface area contributed by atoms with E-state index in [9.17, 15) is 8.78 Å². The van der Waals surface area contributed by atoms with Crippen LogP contribution in [0.5, 0.6) is 0 Å². The van der Waals surface area contributed by atoms with Crippen LogP contribution in [-0.4, -0.2) is 17.6 Å². The van der Waals surface area contributed by atoms with Crippen LogP contribution in [0.1, 0.15) is 6.92 Å². The van der Waals surface area contributed by atoms with E-state index in [2.05, 4.69) is 13.2 Å². The van der Waals surface area contributed by atoms with Crippen molar-refractivity contribution in [1.29, 1.82) is 0 Å². The molecule has 0 aromatic heterocycles. The lowest BCUT2D eigenvalue weighted by molar-refractivity contribution is -0.104. The molecule has 0 aromatic carbocycles. The second-order valence-corrected chi connectivity index (χ2v) is 3.21. The van der Waals surface area contributed by atoms with E-state index in [1.807, 2.05) is 0 Å². The smallest absolute Gasteiger partial charge is 0.287 e. The van der Waals surface area contributed by atoms with E-state index in [-0.39, 0.29) is 17.1 Å². The molecule has 14 heavy (non-hydrogen) atoms. The zero-order valence-electron chi connectivity index (χ0n) is 7.89. The van der Waals surface area contributed by atoms with Crippen LogP contribution >= 0.6 is 0 Å². The minimum Gasteiger partial charge on any atom is -0.505 e. The molecular weight excluding hydrogens is 190 g/mol. The molecule has 1 atom stereocenters. The number of aliphatic hydroxyl groups excluding tert-OH is 1. The maximum Gasteiger partial charge on any atom is 0.287 e. The average Bonchev–Trinajstić information content (AvgIpc) is 2.09. The summed E-state index contributed by atoms with van der Waals surface area (Å²) in [5.74, 6) is -4.28. The van der Waals surface area contributed by atoms with Crippen LogP contribution in [0.3, 0.4) is 0 Å². The van der Waals surface area contributed by atoms with Gasteiger partial charge in [0.1, 0.15) is 0 Å². The van der Waals surface area contributed by atoms with Crippen LogP contribution in [0.15, 0.2) is 36.3 Å². The third kappa shape index (κ3) is 1.64. The molecule has 1 aliphatic heterocycles. The maximum atomic E-state index is 13.2. The first kappa shape index (κ1) is 10.8. The van der Waals surface area contributed by atoms with Crippen LogP contribution in [0.2, 0.25) is 0 Å². The quantitative estimate of drug-likeness (QED) is 0.697. The van der Waals surface area contributed by atoms with Gasteiger partial charge < -0.3 is 9.84 Å². The summed E-state index contributed by atoms with van der Waals surface area (Å²) in [6.07, 6.45) is 1.26. The number of ether oxygens (including phenoxy) is 1. The normalized spacial score (nSPS) is 25.5. The molecular formula is C10H12F2O2. The molecule has 1 rings (SSSR count). The lowest BCUT2D eigenvalue weighted by Crippen LogP contribution is -2.37. The molecule has 2 nitrogen and oxygen atoms in total. The molecule has 1 N–H and O–H groups in total. The number of allylic oxidation sites excluding steroid dienone is 2. The summed E-state index contributed by atoms with van der Waals surface area (Å²) in [5.41, 5.74) is 0.189. The standard InChI is InChI=1S/C10H12F2O2/c1-4-8-6(2)10(11,12)5-14-9(8)7(3)13/h4,6,13H,1,3,5H2,2H3. The van der Waals surface area contributed by atoms with Gasteiger partial charge in [0.2, 0.25) is 0 Å². The van der Waals surface area contributed by atoms with Crippen molar-refractivity contribution in [1.82, 2.24) is 0 Å². The van der Waals surface area contributed by atoms with Crippen LogP contribution in [-0.2, 0) is 4.74 Å². The van der Waals surface area contributed by atoms with Crippen molar-refractivity contribution in [3.63, 3.8) is 0 Å². The molecule has 4 heteroatoms. The molecule has 0 aromatic rings. The Balaban J connectivity index is 3.16. The molecule has 0 spiro atoms. The van der Waals surface area contributed by atoms with E-state index in [1.54, 1.807) is 0 Å². The highest BCUT2D eigenvalue weighted by molar-refractivity contribution is 5.34. The van der Waals surface area contributed by atoms with Gasteiger partial charge in [-0.1, -0.05) is 26.2 Å². The van der Waals surface area contributed by atoms with Gasteiger partial charge in [-0.15, -0.1) is 0 Å². The number of halogens is 2. The Labute approximate surface area is 81.2 Å². The number of hydrogen-bond acceptors (Lipinski definition) is 2. The Morgan fingerprint density at radius 2 is 2.29 bits per heavy atom.